The molecule has 98 valence electrons. The second-order valence-corrected chi connectivity index (χ2v) is 5.04. The lowest BCUT2D eigenvalue weighted by Crippen LogP contribution is -2.19. The molecular weight excluding hydrogens is 234 g/mol. The Morgan fingerprint density at radius 1 is 0.947 bits per heavy atom. The third-order valence-electron chi connectivity index (χ3n) is 3.30. The van der Waals surface area contributed by atoms with Crippen LogP contribution in [0.25, 0.3) is 0 Å². The largest absolute Gasteiger partial charge is 0.457 e. The molecule has 0 atom stereocenters. The second-order valence-electron chi connectivity index (χ2n) is 5.04. The van der Waals surface area contributed by atoms with Crippen molar-refractivity contribution in [1.29, 1.82) is 0 Å². The molecule has 0 unspecified atom stereocenters. The van der Waals surface area contributed by atoms with Gasteiger partial charge in [-0.2, -0.15) is 0 Å². The van der Waals surface area contributed by atoms with E-state index in [1.807, 2.05) is 36.4 Å². The van der Waals surface area contributed by atoms with Gasteiger partial charge in [-0.3, -0.25) is 0 Å². The first-order chi connectivity index (χ1) is 9.40. The molecule has 0 heterocycles. The summed E-state index contributed by atoms with van der Waals surface area (Å²) in [6.07, 6.45) is 3.75. The van der Waals surface area contributed by atoms with Gasteiger partial charge >= 0.3 is 0 Å². The molecule has 0 aliphatic heterocycles. The molecule has 19 heavy (non-hydrogen) atoms. The summed E-state index contributed by atoms with van der Waals surface area (Å²) in [6.45, 7) is 1.06. The van der Waals surface area contributed by atoms with Crippen LogP contribution in [0.15, 0.2) is 54.6 Å². The lowest BCUT2D eigenvalue weighted by molar-refractivity contribution is 0.482. The summed E-state index contributed by atoms with van der Waals surface area (Å²) in [7, 11) is 0. The predicted molar refractivity (Wildman–Crippen MR) is 77.7 cm³/mol. The molecule has 1 saturated carbocycles. The summed E-state index contributed by atoms with van der Waals surface area (Å²) in [5.41, 5.74) is 1.32. The summed E-state index contributed by atoms with van der Waals surface area (Å²) >= 11 is 0. The number of hydrogen-bond acceptors (Lipinski definition) is 2. The van der Waals surface area contributed by atoms with Gasteiger partial charge in [0, 0.05) is 6.04 Å². The topological polar surface area (TPSA) is 21.3 Å². The van der Waals surface area contributed by atoms with Gasteiger partial charge in [-0.25, -0.2) is 0 Å². The van der Waals surface area contributed by atoms with Gasteiger partial charge in [-0.05, 0) is 55.6 Å². The SMILES string of the molecule is c1ccc(Oc2cccc(CCNC3CC3)c2)cc1. The van der Waals surface area contributed by atoms with E-state index < -0.39 is 0 Å². The molecule has 3 rings (SSSR count). The predicted octanol–water partition coefficient (Wildman–Crippen LogP) is 3.77. The molecule has 0 amide bonds. The Hall–Kier alpha value is -1.80. The molecule has 1 fully saturated rings. The Kier molecular flexibility index (Phi) is 3.80. The van der Waals surface area contributed by atoms with E-state index in [9.17, 15) is 0 Å². The van der Waals surface area contributed by atoms with Crippen molar-refractivity contribution in [2.45, 2.75) is 25.3 Å². The Bertz CT molecular complexity index is 520. The fourth-order valence-electron chi connectivity index (χ4n) is 2.10. The summed E-state index contributed by atoms with van der Waals surface area (Å²) in [6, 6.07) is 19.0. The number of rotatable bonds is 6. The van der Waals surface area contributed by atoms with Crippen molar-refractivity contribution in [3.05, 3.63) is 60.2 Å². The Morgan fingerprint density at radius 3 is 2.53 bits per heavy atom. The second kappa shape index (κ2) is 5.89. The van der Waals surface area contributed by atoms with Gasteiger partial charge in [0.25, 0.3) is 0 Å². The molecule has 0 spiro atoms. The fraction of sp³-hybridized carbons (Fsp3) is 0.294. The molecule has 1 aliphatic carbocycles. The minimum atomic E-state index is 0.781. The van der Waals surface area contributed by atoms with Crippen LogP contribution in [0.1, 0.15) is 18.4 Å². The average Bonchev–Trinajstić information content (AvgIpc) is 3.25. The Labute approximate surface area is 114 Å². The number of ether oxygens (including phenoxy) is 1. The van der Waals surface area contributed by atoms with E-state index in [1.54, 1.807) is 0 Å². The van der Waals surface area contributed by atoms with Gasteiger partial charge < -0.3 is 10.1 Å². The van der Waals surface area contributed by atoms with Gasteiger partial charge in [-0.15, -0.1) is 0 Å². The van der Waals surface area contributed by atoms with E-state index in [1.165, 1.54) is 18.4 Å². The zero-order chi connectivity index (χ0) is 12.9. The molecule has 2 heteroatoms. The third kappa shape index (κ3) is 3.83. The third-order valence-corrected chi connectivity index (χ3v) is 3.30. The van der Waals surface area contributed by atoms with Crippen molar-refractivity contribution in [3.8, 4) is 11.5 Å². The lowest BCUT2D eigenvalue weighted by atomic mass is 10.1. The van der Waals surface area contributed by atoms with Crippen molar-refractivity contribution in [3.63, 3.8) is 0 Å². The highest BCUT2D eigenvalue weighted by molar-refractivity contribution is 5.33. The maximum absolute atomic E-state index is 5.84. The molecular formula is C17H19NO. The molecule has 2 nitrogen and oxygen atoms in total. The number of hydrogen-bond donors (Lipinski definition) is 1. The van der Waals surface area contributed by atoms with Crippen LogP contribution in [-0.4, -0.2) is 12.6 Å². The quantitative estimate of drug-likeness (QED) is 0.846. The van der Waals surface area contributed by atoms with Crippen LogP contribution in [-0.2, 0) is 6.42 Å². The van der Waals surface area contributed by atoms with Gasteiger partial charge in [0.1, 0.15) is 11.5 Å². The molecule has 2 aromatic rings. The van der Waals surface area contributed by atoms with E-state index >= 15 is 0 Å². The van der Waals surface area contributed by atoms with Crippen LogP contribution < -0.4 is 10.1 Å². The van der Waals surface area contributed by atoms with Crippen LogP contribution in [0, 0.1) is 0 Å². The molecule has 0 radical (unpaired) electrons. The van der Waals surface area contributed by atoms with E-state index in [-0.39, 0.29) is 0 Å². The highest BCUT2D eigenvalue weighted by Gasteiger charge is 2.19. The standard InChI is InChI=1S/C17H19NO/c1-2-6-16(7-3-1)19-17-8-4-5-14(13-17)11-12-18-15-9-10-15/h1-8,13,15,18H,9-12H2. The highest BCUT2D eigenvalue weighted by atomic mass is 16.5. The highest BCUT2D eigenvalue weighted by Crippen LogP contribution is 2.22. The van der Waals surface area contributed by atoms with Crippen LogP contribution in [0.3, 0.4) is 0 Å². The van der Waals surface area contributed by atoms with Crippen molar-refractivity contribution < 1.29 is 4.74 Å². The van der Waals surface area contributed by atoms with Crippen LogP contribution in [0.5, 0.6) is 11.5 Å². The van der Waals surface area contributed by atoms with E-state index in [0.29, 0.717) is 0 Å². The summed E-state index contributed by atoms with van der Waals surface area (Å²) in [4.78, 5) is 0. The van der Waals surface area contributed by atoms with Crippen LogP contribution in [0.4, 0.5) is 0 Å². The first kappa shape index (κ1) is 12.2. The first-order valence-corrected chi connectivity index (χ1v) is 6.95. The average molecular weight is 253 g/mol. The monoisotopic (exact) mass is 253 g/mol. The number of para-hydroxylation sites is 1. The summed E-state index contributed by atoms with van der Waals surface area (Å²) in [5, 5.41) is 3.53. The number of nitrogens with one attached hydrogen (secondary N) is 1. The minimum absolute atomic E-state index is 0.781. The maximum Gasteiger partial charge on any atom is 0.127 e. The van der Waals surface area contributed by atoms with E-state index in [4.69, 9.17) is 4.74 Å². The molecule has 1 N–H and O–H groups in total. The van der Waals surface area contributed by atoms with Gasteiger partial charge in [0.2, 0.25) is 0 Å². The van der Waals surface area contributed by atoms with Crippen molar-refractivity contribution in [2.24, 2.45) is 0 Å². The minimum Gasteiger partial charge on any atom is -0.457 e. The molecule has 0 saturated heterocycles. The van der Waals surface area contributed by atoms with E-state index in [0.717, 1.165) is 30.5 Å². The first-order valence-electron chi connectivity index (χ1n) is 6.95. The van der Waals surface area contributed by atoms with Crippen LogP contribution in [0.2, 0.25) is 0 Å². The van der Waals surface area contributed by atoms with Crippen molar-refractivity contribution in [2.75, 3.05) is 6.54 Å². The zero-order valence-electron chi connectivity index (χ0n) is 11.0. The molecule has 0 aromatic heterocycles. The van der Waals surface area contributed by atoms with Gasteiger partial charge in [-0.1, -0.05) is 30.3 Å². The number of benzene rings is 2. The van der Waals surface area contributed by atoms with Gasteiger partial charge in [0.15, 0.2) is 0 Å². The van der Waals surface area contributed by atoms with Gasteiger partial charge in [0.05, 0.1) is 0 Å². The smallest absolute Gasteiger partial charge is 0.127 e. The van der Waals surface area contributed by atoms with E-state index in [2.05, 4.69) is 23.5 Å². The fourth-order valence-corrected chi connectivity index (χ4v) is 2.10. The van der Waals surface area contributed by atoms with Crippen LogP contribution >= 0.6 is 0 Å². The molecule has 0 bridgehead atoms. The Balaban J connectivity index is 1.58. The zero-order valence-corrected chi connectivity index (χ0v) is 11.0. The molecule has 2 aromatic carbocycles. The lowest BCUT2D eigenvalue weighted by Gasteiger charge is -2.08. The summed E-state index contributed by atoms with van der Waals surface area (Å²) < 4.78 is 5.84. The maximum atomic E-state index is 5.84. The van der Waals surface area contributed by atoms with Crippen molar-refractivity contribution in [1.82, 2.24) is 5.32 Å². The normalized spacial score (nSPS) is 14.3. The Morgan fingerprint density at radius 2 is 1.74 bits per heavy atom. The van der Waals surface area contributed by atoms with Crippen molar-refractivity contribution >= 4 is 0 Å². The molecule has 1 aliphatic rings. The summed E-state index contributed by atoms with van der Waals surface area (Å²) in [5.74, 6) is 1.80.